The largest absolute Gasteiger partial charge is 0.351 e. The lowest BCUT2D eigenvalue weighted by atomic mass is 10.1. The van der Waals surface area contributed by atoms with E-state index in [-0.39, 0.29) is 10.5 Å². The first-order valence-corrected chi connectivity index (χ1v) is 15.5. The van der Waals surface area contributed by atoms with Gasteiger partial charge in [0.15, 0.2) is 0 Å². The zero-order valence-electron chi connectivity index (χ0n) is 23.3. The van der Waals surface area contributed by atoms with E-state index in [9.17, 15) is 18.5 Å². The van der Waals surface area contributed by atoms with E-state index in [0.29, 0.717) is 49.4 Å². The lowest BCUT2D eigenvalue weighted by molar-refractivity contribution is -0.117. The Bertz CT molecular complexity index is 1680. The van der Waals surface area contributed by atoms with E-state index in [1.54, 1.807) is 52.0 Å². The monoisotopic (exact) mass is 583 g/mol. The zero-order chi connectivity index (χ0) is 29.4. The van der Waals surface area contributed by atoms with E-state index in [4.69, 9.17) is 5.10 Å². The van der Waals surface area contributed by atoms with Gasteiger partial charge in [0.2, 0.25) is 10.0 Å². The van der Waals surface area contributed by atoms with Gasteiger partial charge in [0.05, 0.1) is 16.9 Å². The zero-order valence-corrected chi connectivity index (χ0v) is 24.1. The quantitative estimate of drug-likeness (QED) is 0.167. The van der Waals surface area contributed by atoms with Gasteiger partial charge < -0.3 is 9.88 Å². The maximum Gasteiger partial charge on any atom is 0.261 e. The molecule has 0 unspecified atom stereocenters. The first kappa shape index (κ1) is 29.0. The summed E-state index contributed by atoms with van der Waals surface area (Å²) in [5.41, 5.74) is 2.28. The Morgan fingerprint density at radius 1 is 1.05 bits per heavy atom. The predicted molar refractivity (Wildman–Crippen MR) is 160 cm³/mol. The summed E-state index contributed by atoms with van der Waals surface area (Å²) in [7, 11) is -3.68. The number of aryl methyl sites for hydroxylation is 1. The van der Waals surface area contributed by atoms with Crippen LogP contribution in [0.4, 0.5) is 0 Å². The molecule has 5 rings (SSSR count). The molecule has 11 heteroatoms. The highest BCUT2D eigenvalue weighted by Crippen LogP contribution is 2.29. The van der Waals surface area contributed by atoms with Crippen LogP contribution < -0.4 is 5.32 Å². The summed E-state index contributed by atoms with van der Waals surface area (Å²) in [6.07, 6.45) is 12.9. The molecule has 4 aromatic rings. The molecule has 0 saturated carbocycles. The highest BCUT2D eigenvalue weighted by molar-refractivity contribution is 7.89. The number of aromatic nitrogens is 4. The fraction of sp³-hybridized carbons (Fsp3) is 0.290. The Kier molecular flexibility index (Phi) is 9.26. The van der Waals surface area contributed by atoms with Crippen molar-refractivity contribution >= 4 is 22.0 Å². The van der Waals surface area contributed by atoms with Gasteiger partial charge in [-0.2, -0.15) is 14.7 Å². The average molecular weight is 584 g/mol. The number of nitriles is 1. The number of para-hydroxylation sites is 1. The molecule has 0 atom stereocenters. The third kappa shape index (κ3) is 6.84. The lowest BCUT2D eigenvalue weighted by Crippen LogP contribution is -2.31. The van der Waals surface area contributed by atoms with Crippen LogP contribution in [0.15, 0.2) is 90.0 Å². The van der Waals surface area contributed by atoms with Crippen LogP contribution in [0.5, 0.6) is 0 Å². The van der Waals surface area contributed by atoms with Crippen molar-refractivity contribution in [2.75, 3.05) is 19.6 Å². The molecule has 1 saturated heterocycles. The molecular formula is C31H33N7O3S. The third-order valence-corrected chi connectivity index (χ3v) is 9.07. The number of hydrogen-bond acceptors (Lipinski definition) is 6. The third-order valence-electron chi connectivity index (χ3n) is 7.18. The second-order valence-electron chi connectivity index (χ2n) is 10.1. The number of carbonyl (C=O) groups is 1. The number of benzene rings is 2. The van der Waals surface area contributed by atoms with Crippen LogP contribution in [0, 0.1) is 11.3 Å². The molecule has 2 aromatic heterocycles. The van der Waals surface area contributed by atoms with Gasteiger partial charge in [-0.05, 0) is 49.6 Å². The van der Waals surface area contributed by atoms with Crippen LogP contribution in [0.3, 0.4) is 0 Å². The molecule has 1 N–H and O–H groups in total. The topological polar surface area (TPSA) is 126 Å². The van der Waals surface area contributed by atoms with Gasteiger partial charge >= 0.3 is 0 Å². The first-order chi connectivity index (χ1) is 20.5. The number of carbonyl (C=O) groups excluding carboxylic acids is 1. The van der Waals surface area contributed by atoms with Crippen LogP contribution in [0.2, 0.25) is 0 Å². The number of sulfonamides is 1. The molecule has 1 fully saturated rings. The minimum Gasteiger partial charge on any atom is -0.351 e. The summed E-state index contributed by atoms with van der Waals surface area (Å²) in [5.74, 6) is -0.487. The molecule has 0 aliphatic carbocycles. The van der Waals surface area contributed by atoms with Gasteiger partial charge in [0.1, 0.15) is 17.3 Å². The molecule has 10 nitrogen and oxygen atoms in total. The summed E-state index contributed by atoms with van der Waals surface area (Å²) >= 11 is 0. The summed E-state index contributed by atoms with van der Waals surface area (Å²) in [6, 6.07) is 18.2. The maximum absolute atomic E-state index is 13.5. The van der Waals surface area contributed by atoms with E-state index in [0.717, 1.165) is 31.4 Å². The van der Waals surface area contributed by atoms with Crippen molar-refractivity contribution in [1.29, 1.82) is 5.26 Å². The van der Waals surface area contributed by atoms with Gasteiger partial charge in [-0.3, -0.25) is 4.79 Å². The fourth-order valence-electron chi connectivity index (χ4n) is 4.95. The Balaban J connectivity index is 1.45. The van der Waals surface area contributed by atoms with Gasteiger partial charge in [0.25, 0.3) is 5.91 Å². The van der Waals surface area contributed by atoms with Gasteiger partial charge in [-0.15, -0.1) is 0 Å². The van der Waals surface area contributed by atoms with Gasteiger partial charge in [-0.1, -0.05) is 43.2 Å². The van der Waals surface area contributed by atoms with Crippen molar-refractivity contribution in [2.24, 2.45) is 0 Å². The van der Waals surface area contributed by atoms with Crippen molar-refractivity contribution in [2.45, 2.75) is 43.5 Å². The molecule has 2 aromatic carbocycles. The Hall–Kier alpha value is -4.53. The van der Waals surface area contributed by atoms with Crippen molar-refractivity contribution in [1.82, 2.24) is 29.0 Å². The molecule has 1 amide bonds. The fourth-order valence-corrected chi connectivity index (χ4v) is 6.51. The van der Waals surface area contributed by atoms with Gasteiger partial charge in [-0.25, -0.2) is 18.1 Å². The standard InChI is InChI=1S/C31H33N7O3S/c32-22-26(31(39)34-14-9-16-36-19-15-33-24-36)20-27-23-38(28-11-4-3-5-12-28)35-30(27)25-10-8-13-29(21-25)42(40,41)37-17-6-1-2-7-18-37/h3-5,8,10-13,15,19-21,23-24H,1-2,6-7,9,14,16-18H2,(H,34,39). The van der Waals surface area contributed by atoms with Crippen molar-refractivity contribution in [3.63, 3.8) is 0 Å². The van der Waals surface area contributed by atoms with E-state index in [1.165, 1.54) is 6.08 Å². The first-order valence-electron chi connectivity index (χ1n) is 14.1. The average Bonchev–Trinajstić information content (AvgIpc) is 3.61. The van der Waals surface area contributed by atoms with Gasteiger partial charge in [0, 0.05) is 55.9 Å². The summed E-state index contributed by atoms with van der Waals surface area (Å²) in [5, 5.41) is 17.4. The minimum absolute atomic E-state index is 0.0696. The van der Waals surface area contributed by atoms with Crippen molar-refractivity contribution in [3.05, 3.63) is 90.7 Å². The molecule has 0 radical (unpaired) electrons. The molecule has 0 bridgehead atoms. The molecule has 216 valence electrons. The van der Waals surface area contributed by atoms with Crippen molar-refractivity contribution < 1.29 is 13.2 Å². The SMILES string of the molecule is N#CC(=Cc1cn(-c2ccccc2)nc1-c1cccc(S(=O)(=O)N2CCCCCC2)c1)C(=O)NCCCn1ccnc1. The smallest absolute Gasteiger partial charge is 0.261 e. The second-order valence-corrected chi connectivity index (χ2v) is 12.1. The molecule has 1 aliphatic heterocycles. The van der Waals surface area contributed by atoms with Crippen LogP contribution in [0.25, 0.3) is 23.0 Å². The van der Waals surface area contributed by atoms with E-state index in [1.807, 2.05) is 47.2 Å². The number of imidazole rings is 1. The highest BCUT2D eigenvalue weighted by atomic mass is 32.2. The molecule has 0 spiro atoms. The normalized spacial score (nSPS) is 14.7. The van der Waals surface area contributed by atoms with E-state index >= 15 is 0 Å². The molecule has 1 aliphatic rings. The number of nitrogens with zero attached hydrogens (tertiary/aromatic N) is 6. The minimum atomic E-state index is -3.68. The molecule has 42 heavy (non-hydrogen) atoms. The van der Waals surface area contributed by atoms with E-state index < -0.39 is 15.9 Å². The Morgan fingerprint density at radius 3 is 2.55 bits per heavy atom. The highest BCUT2D eigenvalue weighted by Gasteiger charge is 2.26. The number of hydrogen-bond donors (Lipinski definition) is 1. The maximum atomic E-state index is 13.5. The summed E-state index contributed by atoms with van der Waals surface area (Å²) < 4.78 is 32.2. The number of rotatable bonds is 10. The molecular weight excluding hydrogens is 550 g/mol. The summed E-state index contributed by atoms with van der Waals surface area (Å²) in [6.45, 7) is 2.09. The van der Waals surface area contributed by atoms with Crippen LogP contribution in [0.1, 0.15) is 37.7 Å². The van der Waals surface area contributed by atoms with Crippen LogP contribution in [-0.2, 0) is 21.4 Å². The van der Waals surface area contributed by atoms with Crippen molar-refractivity contribution in [3.8, 4) is 23.0 Å². The van der Waals surface area contributed by atoms with Crippen LogP contribution >= 0.6 is 0 Å². The van der Waals surface area contributed by atoms with E-state index in [2.05, 4.69) is 10.3 Å². The Morgan fingerprint density at radius 2 is 1.83 bits per heavy atom. The van der Waals surface area contributed by atoms with Crippen LogP contribution in [-0.4, -0.2) is 57.6 Å². The second kappa shape index (κ2) is 13.4. The molecule has 3 heterocycles. The Labute approximate surface area is 246 Å². The number of amides is 1. The predicted octanol–water partition coefficient (Wildman–Crippen LogP) is 4.41. The summed E-state index contributed by atoms with van der Waals surface area (Å²) in [4.78, 5) is 17.1. The lowest BCUT2D eigenvalue weighted by Gasteiger charge is -2.20. The number of nitrogens with one attached hydrogen (secondary N) is 1.